The fourth-order valence-electron chi connectivity index (χ4n) is 2.34. The number of methoxy groups -OCH3 is 2. The van der Waals surface area contributed by atoms with Gasteiger partial charge < -0.3 is 13.9 Å². The van der Waals surface area contributed by atoms with Gasteiger partial charge in [-0.05, 0) is 24.3 Å². The summed E-state index contributed by atoms with van der Waals surface area (Å²) in [6, 6.07) is 12.1. The molecule has 0 N–H and O–H groups in total. The maximum absolute atomic E-state index is 12.8. The molecule has 24 heavy (non-hydrogen) atoms. The molecular formula is C17H14O6S. The van der Waals surface area contributed by atoms with Crippen LogP contribution in [-0.2, 0) is 9.84 Å². The quantitative estimate of drug-likeness (QED) is 0.676. The molecule has 3 aromatic rings. The number of benzene rings is 2. The summed E-state index contributed by atoms with van der Waals surface area (Å²) in [4.78, 5) is 11.6. The number of rotatable bonds is 4. The molecule has 0 fully saturated rings. The summed E-state index contributed by atoms with van der Waals surface area (Å²) in [5, 5.41) is 0.524. The van der Waals surface area contributed by atoms with Crippen molar-refractivity contribution in [2.24, 2.45) is 0 Å². The Bertz CT molecular complexity index is 1070. The zero-order valence-corrected chi connectivity index (χ0v) is 13.8. The zero-order valence-electron chi connectivity index (χ0n) is 13.0. The van der Waals surface area contributed by atoms with Crippen LogP contribution in [0, 0.1) is 0 Å². The van der Waals surface area contributed by atoms with E-state index in [0.29, 0.717) is 16.7 Å². The lowest BCUT2D eigenvalue weighted by atomic mass is 10.2. The summed E-state index contributed by atoms with van der Waals surface area (Å²) >= 11 is 0. The summed E-state index contributed by atoms with van der Waals surface area (Å²) in [5.41, 5.74) is -0.586. The molecule has 0 saturated heterocycles. The van der Waals surface area contributed by atoms with Crippen molar-refractivity contribution < 1.29 is 22.3 Å². The van der Waals surface area contributed by atoms with E-state index in [1.807, 2.05) is 0 Å². The van der Waals surface area contributed by atoms with Crippen LogP contribution in [0.2, 0.25) is 0 Å². The van der Waals surface area contributed by atoms with Crippen molar-refractivity contribution in [2.75, 3.05) is 14.2 Å². The third-order valence-corrected chi connectivity index (χ3v) is 5.30. The van der Waals surface area contributed by atoms with Gasteiger partial charge in [0.1, 0.15) is 5.58 Å². The van der Waals surface area contributed by atoms with Crippen LogP contribution >= 0.6 is 0 Å². The summed E-state index contributed by atoms with van der Waals surface area (Å²) < 4.78 is 40.9. The molecule has 0 spiro atoms. The Hall–Kier alpha value is -2.80. The van der Waals surface area contributed by atoms with Gasteiger partial charge in [-0.2, -0.15) is 0 Å². The Morgan fingerprint density at radius 1 is 0.917 bits per heavy atom. The van der Waals surface area contributed by atoms with Gasteiger partial charge in [0.15, 0.2) is 16.4 Å². The van der Waals surface area contributed by atoms with E-state index in [2.05, 4.69) is 0 Å². The highest BCUT2D eigenvalue weighted by Crippen LogP contribution is 2.31. The van der Waals surface area contributed by atoms with Crippen LogP contribution in [0.15, 0.2) is 67.5 Å². The fraction of sp³-hybridized carbons (Fsp3) is 0.118. The smallest absolute Gasteiger partial charge is 0.355 e. The van der Waals surface area contributed by atoms with Crippen molar-refractivity contribution in [3.63, 3.8) is 0 Å². The highest BCUT2D eigenvalue weighted by Gasteiger charge is 2.24. The van der Waals surface area contributed by atoms with Crippen molar-refractivity contribution in [2.45, 2.75) is 9.79 Å². The van der Waals surface area contributed by atoms with Crippen LogP contribution in [0.5, 0.6) is 11.5 Å². The first-order chi connectivity index (χ1) is 11.5. The molecule has 0 saturated carbocycles. The van der Waals surface area contributed by atoms with E-state index in [1.165, 1.54) is 38.5 Å². The lowest BCUT2D eigenvalue weighted by Gasteiger charge is -2.10. The lowest BCUT2D eigenvalue weighted by molar-refractivity contribution is 0.354. The average molecular weight is 346 g/mol. The van der Waals surface area contributed by atoms with E-state index in [9.17, 15) is 13.2 Å². The molecule has 0 aliphatic heterocycles. The first-order valence-corrected chi connectivity index (χ1v) is 8.45. The van der Waals surface area contributed by atoms with E-state index < -0.39 is 20.4 Å². The van der Waals surface area contributed by atoms with Gasteiger partial charge in [-0.1, -0.05) is 18.2 Å². The standard InChI is InChI=1S/C17H14O6S/c1-21-14-8-7-12(10-15(14)22-2)24(19,20)16-9-11-5-3-4-6-13(11)23-17(16)18/h3-10H,1-2H3. The number of fused-ring (bicyclic) bond motifs is 1. The molecule has 0 amide bonds. The molecule has 7 heteroatoms. The summed E-state index contributed by atoms with van der Waals surface area (Å²) in [6.45, 7) is 0. The molecule has 3 rings (SSSR count). The van der Waals surface area contributed by atoms with Crippen LogP contribution in [0.3, 0.4) is 0 Å². The Morgan fingerprint density at radius 3 is 2.33 bits per heavy atom. The first-order valence-electron chi connectivity index (χ1n) is 6.97. The van der Waals surface area contributed by atoms with E-state index in [-0.39, 0.29) is 10.6 Å². The van der Waals surface area contributed by atoms with Gasteiger partial charge in [-0.3, -0.25) is 0 Å². The number of para-hydroxylation sites is 1. The number of sulfone groups is 1. The SMILES string of the molecule is COc1ccc(S(=O)(=O)c2cc3ccccc3oc2=O)cc1OC. The van der Waals surface area contributed by atoms with Gasteiger partial charge in [0.25, 0.3) is 0 Å². The lowest BCUT2D eigenvalue weighted by Crippen LogP contribution is -2.14. The fourth-order valence-corrected chi connectivity index (χ4v) is 3.65. The zero-order chi connectivity index (χ0) is 17.3. The highest BCUT2D eigenvalue weighted by atomic mass is 32.2. The van der Waals surface area contributed by atoms with Crippen molar-refractivity contribution in [3.05, 3.63) is 59.0 Å². The van der Waals surface area contributed by atoms with E-state index in [4.69, 9.17) is 13.9 Å². The first kappa shape index (κ1) is 16.1. The molecule has 1 heterocycles. The van der Waals surface area contributed by atoms with Crippen LogP contribution in [0.1, 0.15) is 0 Å². The van der Waals surface area contributed by atoms with Crippen LogP contribution in [0.4, 0.5) is 0 Å². The topological polar surface area (TPSA) is 82.8 Å². The summed E-state index contributed by atoms with van der Waals surface area (Å²) in [7, 11) is -1.21. The Morgan fingerprint density at radius 2 is 1.62 bits per heavy atom. The minimum Gasteiger partial charge on any atom is -0.493 e. The maximum Gasteiger partial charge on any atom is 0.355 e. The normalized spacial score (nSPS) is 11.4. The maximum atomic E-state index is 12.8. The molecule has 6 nitrogen and oxygen atoms in total. The number of hydrogen-bond donors (Lipinski definition) is 0. The summed E-state index contributed by atoms with van der Waals surface area (Å²) in [5.74, 6) is 0.644. The van der Waals surface area contributed by atoms with Gasteiger partial charge in [0, 0.05) is 11.5 Å². The van der Waals surface area contributed by atoms with Crippen LogP contribution in [0.25, 0.3) is 11.0 Å². The molecule has 0 atom stereocenters. The monoisotopic (exact) mass is 346 g/mol. The minimum atomic E-state index is -4.06. The third kappa shape index (κ3) is 2.63. The van der Waals surface area contributed by atoms with Crippen LogP contribution in [-0.4, -0.2) is 22.6 Å². The Labute approximate surface area is 138 Å². The van der Waals surface area contributed by atoms with Crippen molar-refractivity contribution in [1.82, 2.24) is 0 Å². The second-order valence-corrected chi connectivity index (χ2v) is 6.87. The van der Waals surface area contributed by atoms with Crippen molar-refractivity contribution in [1.29, 1.82) is 0 Å². The second-order valence-electron chi connectivity index (χ2n) is 4.96. The highest BCUT2D eigenvalue weighted by molar-refractivity contribution is 7.91. The van der Waals surface area contributed by atoms with Gasteiger partial charge >= 0.3 is 5.63 Å². The molecule has 0 unspecified atom stereocenters. The molecule has 124 valence electrons. The predicted molar refractivity (Wildman–Crippen MR) is 87.5 cm³/mol. The Balaban J connectivity index is 2.21. The minimum absolute atomic E-state index is 0.0808. The van der Waals surface area contributed by atoms with E-state index in [1.54, 1.807) is 24.3 Å². The molecule has 1 aromatic heterocycles. The average Bonchev–Trinajstić information content (AvgIpc) is 2.60. The molecular weight excluding hydrogens is 332 g/mol. The largest absolute Gasteiger partial charge is 0.493 e. The molecule has 0 aliphatic rings. The van der Waals surface area contributed by atoms with E-state index >= 15 is 0 Å². The number of ether oxygens (including phenoxy) is 2. The molecule has 0 bridgehead atoms. The van der Waals surface area contributed by atoms with Crippen molar-refractivity contribution in [3.8, 4) is 11.5 Å². The molecule has 0 radical (unpaired) electrons. The Kier molecular flexibility index (Phi) is 4.02. The predicted octanol–water partition coefficient (Wildman–Crippen LogP) is 2.64. The second kappa shape index (κ2) is 6.01. The number of hydrogen-bond acceptors (Lipinski definition) is 6. The van der Waals surface area contributed by atoms with E-state index in [0.717, 1.165) is 0 Å². The third-order valence-electron chi connectivity index (χ3n) is 3.56. The van der Waals surface area contributed by atoms with Crippen LogP contribution < -0.4 is 15.1 Å². The van der Waals surface area contributed by atoms with Gasteiger partial charge in [0.2, 0.25) is 9.84 Å². The molecule has 0 aliphatic carbocycles. The van der Waals surface area contributed by atoms with Gasteiger partial charge in [0.05, 0.1) is 19.1 Å². The van der Waals surface area contributed by atoms with Gasteiger partial charge in [-0.15, -0.1) is 0 Å². The van der Waals surface area contributed by atoms with Gasteiger partial charge in [-0.25, -0.2) is 13.2 Å². The summed E-state index contributed by atoms with van der Waals surface area (Å²) in [6.07, 6.45) is 0. The van der Waals surface area contributed by atoms with Crippen molar-refractivity contribution >= 4 is 20.8 Å². The molecule has 2 aromatic carbocycles.